The summed E-state index contributed by atoms with van der Waals surface area (Å²) in [5, 5.41) is 13.9. The summed E-state index contributed by atoms with van der Waals surface area (Å²) in [5.74, 6) is 2.54. The Labute approximate surface area is 238 Å². The maximum atomic E-state index is 6.25. The molecule has 12 heteroatoms. The van der Waals surface area contributed by atoms with Gasteiger partial charge < -0.3 is 19.5 Å². The predicted molar refractivity (Wildman–Crippen MR) is 157 cm³/mol. The first-order chi connectivity index (χ1) is 19.9. The van der Waals surface area contributed by atoms with Crippen LogP contribution in [0.25, 0.3) is 33.5 Å². The van der Waals surface area contributed by atoms with Crippen LogP contribution in [0.4, 0.5) is 11.6 Å². The number of rotatable bonds is 3. The average molecular weight is 554 g/mol. The van der Waals surface area contributed by atoms with Crippen LogP contribution in [0.1, 0.15) is 25.1 Å². The van der Waals surface area contributed by atoms with Crippen molar-refractivity contribution in [2.75, 3.05) is 45.2 Å². The summed E-state index contributed by atoms with van der Waals surface area (Å²) in [6, 6.07) is 6.25. The van der Waals surface area contributed by atoms with Gasteiger partial charge in [-0.1, -0.05) is 0 Å². The van der Waals surface area contributed by atoms with Gasteiger partial charge >= 0.3 is 0 Å². The van der Waals surface area contributed by atoms with E-state index in [4.69, 9.17) is 19.8 Å². The lowest BCUT2D eigenvalue weighted by Gasteiger charge is -2.32. The van der Waals surface area contributed by atoms with E-state index in [0.717, 1.165) is 66.9 Å². The molecule has 1 fully saturated rings. The lowest BCUT2D eigenvalue weighted by atomic mass is 10.1. The van der Waals surface area contributed by atoms with Gasteiger partial charge in [0, 0.05) is 94.5 Å². The third-order valence-corrected chi connectivity index (χ3v) is 8.18. The molecule has 212 valence electrons. The van der Waals surface area contributed by atoms with Crippen LogP contribution in [0.15, 0.2) is 43.0 Å². The average Bonchev–Trinajstić information content (AvgIpc) is 3.64. The van der Waals surface area contributed by atoms with E-state index >= 15 is 0 Å². The Bertz CT molecular complexity index is 1710. The van der Waals surface area contributed by atoms with Crippen LogP contribution >= 0.6 is 0 Å². The normalized spacial score (nSPS) is 18.2. The summed E-state index contributed by atoms with van der Waals surface area (Å²) in [6.07, 6.45) is 8.33. The summed E-state index contributed by atoms with van der Waals surface area (Å²) in [7, 11) is 6.18. The molecule has 7 heterocycles. The third kappa shape index (κ3) is 4.82. The van der Waals surface area contributed by atoms with Crippen molar-refractivity contribution in [3.05, 3.63) is 48.7 Å². The highest BCUT2D eigenvalue weighted by Crippen LogP contribution is 2.34. The highest BCUT2D eigenvalue weighted by atomic mass is 16.5. The van der Waals surface area contributed by atoms with Crippen molar-refractivity contribution < 1.29 is 4.74 Å². The second-order valence-electron chi connectivity index (χ2n) is 11.2. The fourth-order valence-corrected chi connectivity index (χ4v) is 5.67. The summed E-state index contributed by atoms with van der Waals surface area (Å²) in [6.45, 7) is 7.99. The largest absolute Gasteiger partial charge is 0.477 e. The van der Waals surface area contributed by atoms with E-state index in [-0.39, 0.29) is 6.04 Å². The number of fused-ring (bicyclic) bond motifs is 5. The number of hydrogen-bond donors (Lipinski definition) is 1. The van der Waals surface area contributed by atoms with Crippen molar-refractivity contribution in [3.63, 3.8) is 0 Å². The molecule has 0 amide bonds. The number of hydrogen-bond acceptors (Lipinski definition) is 9. The summed E-state index contributed by atoms with van der Waals surface area (Å²) in [4.78, 5) is 18.9. The molecule has 1 saturated heterocycles. The Morgan fingerprint density at radius 1 is 1.02 bits per heavy atom. The van der Waals surface area contributed by atoms with Gasteiger partial charge in [0.25, 0.3) is 0 Å². The zero-order valence-electron chi connectivity index (χ0n) is 23.9. The molecule has 0 spiro atoms. The molecular weight excluding hydrogens is 518 g/mol. The molecular formula is C29H35N11O. The number of aryl methyl sites for hydroxylation is 2. The van der Waals surface area contributed by atoms with Gasteiger partial charge in [0.15, 0.2) is 5.82 Å². The number of pyridine rings is 1. The molecule has 2 aliphatic heterocycles. The number of likely N-dealkylation sites (N-methyl/N-ethyl adjacent to an activating group) is 1. The van der Waals surface area contributed by atoms with Gasteiger partial charge in [-0.05, 0) is 26.1 Å². The Kier molecular flexibility index (Phi) is 6.43. The minimum absolute atomic E-state index is 0.0868. The standard InChI is InChI=1S/C29H35N11O/c1-19-6-12-41-29-23(16-32-38(29)4)28-30-7-5-25(34-28)33-26-14-24-22(15-31-26)27(35-40(19)24)20-13-21(37(3)17-20)18-39-10-8-36(2)9-11-39/h5,7,13-17,19H,6,8-12,18H2,1-4H3,(H,30,31,33,34)/t19-/m0/s1. The molecule has 4 bridgehead atoms. The molecule has 1 atom stereocenters. The van der Waals surface area contributed by atoms with E-state index in [1.54, 1.807) is 17.1 Å². The lowest BCUT2D eigenvalue weighted by Crippen LogP contribution is -2.44. The Morgan fingerprint density at radius 3 is 2.73 bits per heavy atom. The molecule has 0 saturated carbocycles. The van der Waals surface area contributed by atoms with Crippen molar-refractivity contribution in [2.24, 2.45) is 14.1 Å². The molecule has 2 aliphatic rings. The molecule has 0 unspecified atom stereocenters. The highest BCUT2D eigenvalue weighted by Gasteiger charge is 2.22. The fraction of sp³-hybridized carbons (Fsp3) is 0.414. The number of piperazine rings is 1. The van der Waals surface area contributed by atoms with Gasteiger partial charge in [0.05, 0.1) is 24.4 Å². The van der Waals surface area contributed by atoms with E-state index in [9.17, 15) is 0 Å². The summed E-state index contributed by atoms with van der Waals surface area (Å²) >= 11 is 0. The lowest BCUT2D eigenvalue weighted by molar-refractivity contribution is 0.146. The van der Waals surface area contributed by atoms with Crippen LogP contribution < -0.4 is 10.1 Å². The van der Waals surface area contributed by atoms with E-state index in [1.165, 1.54) is 5.69 Å². The monoisotopic (exact) mass is 553 g/mol. The van der Waals surface area contributed by atoms with E-state index in [0.29, 0.717) is 29.9 Å². The first-order valence-corrected chi connectivity index (χ1v) is 14.1. The van der Waals surface area contributed by atoms with Crippen LogP contribution in [-0.2, 0) is 20.6 Å². The van der Waals surface area contributed by atoms with Crippen molar-refractivity contribution in [1.82, 2.24) is 48.9 Å². The zero-order valence-corrected chi connectivity index (χ0v) is 23.9. The van der Waals surface area contributed by atoms with Crippen LogP contribution in [0.5, 0.6) is 5.88 Å². The molecule has 5 aromatic heterocycles. The second kappa shape index (κ2) is 10.3. The van der Waals surface area contributed by atoms with Crippen molar-refractivity contribution in [1.29, 1.82) is 0 Å². The number of nitrogens with zero attached hydrogens (tertiary/aromatic N) is 10. The first kappa shape index (κ1) is 25.7. The molecule has 12 nitrogen and oxygen atoms in total. The molecule has 41 heavy (non-hydrogen) atoms. The number of nitrogens with one attached hydrogen (secondary N) is 1. The van der Waals surface area contributed by atoms with E-state index < -0.39 is 0 Å². The molecule has 0 radical (unpaired) electrons. The van der Waals surface area contributed by atoms with Gasteiger partial charge in [-0.2, -0.15) is 10.2 Å². The molecule has 5 aromatic rings. The number of anilines is 2. The highest BCUT2D eigenvalue weighted by molar-refractivity contribution is 5.94. The van der Waals surface area contributed by atoms with E-state index in [2.05, 4.69) is 73.8 Å². The quantitative estimate of drug-likeness (QED) is 0.359. The Balaban J connectivity index is 1.26. The molecule has 1 N–H and O–H groups in total. The Hall–Kier alpha value is -4.29. The zero-order chi connectivity index (χ0) is 28.1. The van der Waals surface area contributed by atoms with Crippen LogP contribution in [0.3, 0.4) is 0 Å². The number of aromatic nitrogens is 8. The second-order valence-corrected chi connectivity index (χ2v) is 11.2. The smallest absolute Gasteiger partial charge is 0.222 e. The number of ether oxygens (including phenoxy) is 1. The van der Waals surface area contributed by atoms with Crippen LogP contribution in [0.2, 0.25) is 0 Å². The van der Waals surface area contributed by atoms with Crippen molar-refractivity contribution >= 4 is 22.5 Å². The minimum atomic E-state index is 0.0868. The first-order valence-electron chi connectivity index (χ1n) is 14.1. The van der Waals surface area contributed by atoms with Gasteiger partial charge in [-0.3, -0.25) is 9.58 Å². The minimum Gasteiger partial charge on any atom is -0.477 e. The van der Waals surface area contributed by atoms with Gasteiger partial charge in [0.2, 0.25) is 5.88 Å². The SMILES string of the molecule is C[C@H]1CCOc2c(cnn2C)-c2nccc(n2)Nc2cc3c(cn2)c(-c2cc(CN4CCN(C)CC4)n(C)c2)nn31. The van der Waals surface area contributed by atoms with Gasteiger partial charge in [0.1, 0.15) is 22.9 Å². The molecule has 0 aromatic carbocycles. The van der Waals surface area contributed by atoms with E-state index in [1.807, 2.05) is 19.3 Å². The summed E-state index contributed by atoms with van der Waals surface area (Å²) < 4.78 is 12.3. The maximum absolute atomic E-state index is 6.25. The Morgan fingerprint density at radius 2 is 1.88 bits per heavy atom. The molecule has 0 aliphatic carbocycles. The van der Waals surface area contributed by atoms with Crippen LogP contribution in [0, 0.1) is 0 Å². The summed E-state index contributed by atoms with van der Waals surface area (Å²) in [5.41, 5.74) is 5.09. The maximum Gasteiger partial charge on any atom is 0.222 e. The van der Waals surface area contributed by atoms with Crippen molar-refractivity contribution in [3.8, 4) is 28.5 Å². The van der Waals surface area contributed by atoms with Gasteiger partial charge in [-0.15, -0.1) is 0 Å². The van der Waals surface area contributed by atoms with Crippen molar-refractivity contribution in [2.45, 2.75) is 25.9 Å². The van der Waals surface area contributed by atoms with Gasteiger partial charge in [-0.25, -0.2) is 19.6 Å². The molecule has 7 rings (SSSR count). The van der Waals surface area contributed by atoms with Crippen LogP contribution in [-0.4, -0.2) is 88.7 Å². The predicted octanol–water partition coefficient (Wildman–Crippen LogP) is 3.46. The fourth-order valence-electron chi connectivity index (χ4n) is 5.67. The third-order valence-electron chi connectivity index (χ3n) is 8.18. The topological polar surface area (TPSA) is 107 Å².